The highest BCUT2D eigenvalue weighted by molar-refractivity contribution is 8.04. The number of hydrogen-bond donors (Lipinski definition) is 2. The van der Waals surface area contributed by atoms with Gasteiger partial charge in [-0.2, -0.15) is 0 Å². The van der Waals surface area contributed by atoms with Crippen molar-refractivity contribution in [2.75, 3.05) is 17.7 Å². The molecule has 5 heteroatoms. The van der Waals surface area contributed by atoms with Gasteiger partial charge in [0.05, 0.1) is 10.8 Å². The summed E-state index contributed by atoms with van der Waals surface area (Å²) in [5, 5.41) is 12.2. The van der Waals surface area contributed by atoms with E-state index in [4.69, 9.17) is 5.11 Å². The molecule has 0 bridgehead atoms. The highest BCUT2D eigenvalue weighted by Crippen LogP contribution is 2.27. The molecule has 4 nitrogen and oxygen atoms in total. The van der Waals surface area contributed by atoms with Gasteiger partial charge in [0.25, 0.3) is 5.91 Å². The summed E-state index contributed by atoms with van der Waals surface area (Å²) in [5.41, 5.74) is 0.846. The third kappa shape index (κ3) is 2.74. The molecule has 0 aromatic heterocycles. The molecule has 1 aliphatic heterocycles. The Labute approximate surface area is 104 Å². The molecule has 1 amide bonds. The predicted molar refractivity (Wildman–Crippen MR) is 69.7 cm³/mol. The molecule has 0 atom stereocenters. The van der Waals surface area contributed by atoms with Crippen LogP contribution in [0.15, 0.2) is 35.4 Å². The molecular formula is C12H14N2O2S. The van der Waals surface area contributed by atoms with Gasteiger partial charge in [-0.3, -0.25) is 4.79 Å². The van der Waals surface area contributed by atoms with Gasteiger partial charge in [-0.05, 0) is 31.2 Å². The smallest absolute Gasteiger partial charge is 0.262 e. The van der Waals surface area contributed by atoms with E-state index in [1.165, 1.54) is 11.8 Å². The van der Waals surface area contributed by atoms with Crippen LogP contribution in [0.3, 0.4) is 0 Å². The van der Waals surface area contributed by atoms with E-state index in [0.717, 1.165) is 23.0 Å². The Morgan fingerprint density at radius 1 is 1.47 bits per heavy atom. The molecule has 17 heavy (non-hydrogen) atoms. The van der Waals surface area contributed by atoms with Gasteiger partial charge in [-0.15, -0.1) is 0 Å². The number of amides is 1. The first kappa shape index (κ1) is 11.9. The second-order valence-electron chi connectivity index (χ2n) is 3.63. The monoisotopic (exact) mass is 250 g/mol. The van der Waals surface area contributed by atoms with Crippen molar-refractivity contribution in [3.8, 4) is 5.75 Å². The molecule has 2 N–H and O–H groups in total. The van der Waals surface area contributed by atoms with Crippen LogP contribution in [0.4, 0.5) is 5.69 Å². The third-order valence-electron chi connectivity index (χ3n) is 2.49. The molecule has 0 radical (unpaired) electrons. The number of anilines is 1. The molecule has 0 aliphatic carbocycles. The molecule has 1 fully saturated rings. The van der Waals surface area contributed by atoms with Crippen LogP contribution in [-0.4, -0.2) is 28.3 Å². The number of thioether (sulfide) groups is 1. The Balaban J connectivity index is 2.02. The lowest BCUT2D eigenvalue weighted by Gasteiger charge is -2.09. The Bertz CT molecular complexity index is 442. The van der Waals surface area contributed by atoms with Crippen molar-refractivity contribution in [2.45, 2.75) is 6.92 Å². The van der Waals surface area contributed by atoms with E-state index < -0.39 is 0 Å². The second-order valence-corrected chi connectivity index (χ2v) is 4.62. The van der Waals surface area contributed by atoms with Crippen molar-refractivity contribution in [3.63, 3.8) is 0 Å². The molecule has 0 spiro atoms. The molecule has 90 valence electrons. The topological polar surface area (TPSA) is 52.6 Å². The number of likely N-dealkylation sites (N-methyl/N-ethyl adjacent to an activating group) is 1. The number of hydrogen-bond acceptors (Lipinski definition) is 4. The van der Waals surface area contributed by atoms with Crippen LogP contribution in [0.1, 0.15) is 6.92 Å². The van der Waals surface area contributed by atoms with Gasteiger partial charge in [0.1, 0.15) is 5.75 Å². The van der Waals surface area contributed by atoms with E-state index in [9.17, 15) is 4.79 Å². The molecule has 1 aromatic carbocycles. The third-order valence-corrected chi connectivity index (χ3v) is 3.54. The fourth-order valence-electron chi connectivity index (χ4n) is 1.47. The maximum Gasteiger partial charge on any atom is 0.262 e. The highest BCUT2D eigenvalue weighted by atomic mass is 32.2. The summed E-state index contributed by atoms with van der Waals surface area (Å²) < 4.78 is 0. The first-order valence-electron chi connectivity index (χ1n) is 5.38. The van der Waals surface area contributed by atoms with Crippen LogP contribution >= 0.6 is 11.8 Å². The fraction of sp³-hybridized carbons (Fsp3) is 0.250. The molecule has 1 saturated heterocycles. The molecule has 1 heterocycles. The number of carbonyl (C=O) groups is 1. The predicted octanol–water partition coefficient (Wildman–Crippen LogP) is 2.20. The molecule has 1 aromatic rings. The zero-order valence-electron chi connectivity index (χ0n) is 9.51. The summed E-state index contributed by atoms with van der Waals surface area (Å²) in [6.07, 6.45) is 1.72. The first-order chi connectivity index (χ1) is 8.20. The van der Waals surface area contributed by atoms with E-state index in [-0.39, 0.29) is 11.7 Å². The quantitative estimate of drug-likeness (QED) is 0.638. The summed E-state index contributed by atoms with van der Waals surface area (Å²) in [6, 6.07) is 6.72. The Morgan fingerprint density at radius 3 is 2.76 bits per heavy atom. The molecule has 1 aliphatic rings. The maximum absolute atomic E-state index is 11.8. The van der Waals surface area contributed by atoms with Gasteiger partial charge in [0.15, 0.2) is 0 Å². The van der Waals surface area contributed by atoms with Gasteiger partial charge >= 0.3 is 0 Å². The van der Waals surface area contributed by atoms with Gasteiger partial charge in [-0.25, -0.2) is 0 Å². The summed E-state index contributed by atoms with van der Waals surface area (Å²) in [4.78, 5) is 14.3. The zero-order valence-corrected chi connectivity index (χ0v) is 10.3. The van der Waals surface area contributed by atoms with Crippen molar-refractivity contribution >= 4 is 23.4 Å². The largest absolute Gasteiger partial charge is 0.508 e. The van der Waals surface area contributed by atoms with Crippen LogP contribution < -0.4 is 5.32 Å². The van der Waals surface area contributed by atoms with E-state index in [2.05, 4.69) is 5.32 Å². The van der Waals surface area contributed by atoms with Gasteiger partial charge < -0.3 is 15.3 Å². The van der Waals surface area contributed by atoms with Crippen molar-refractivity contribution in [2.24, 2.45) is 0 Å². The van der Waals surface area contributed by atoms with E-state index in [1.54, 1.807) is 35.4 Å². The lowest BCUT2D eigenvalue weighted by molar-refractivity contribution is -0.124. The average Bonchev–Trinajstić information content (AvgIpc) is 2.69. The lowest BCUT2D eigenvalue weighted by Crippen LogP contribution is -2.24. The van der Waals surface area contributed by atoms with Crippen LogP contribution in [-0.2, 0) is 4.79 Å². The number of rotatable bonds is 3. The normalized spacial score (nSPS) is 17.8. The molecule has 0 saturated carbocycles. The molecule has 0 unspecified atom stereocenters. The Hall–Kier alpha value is -1.62. The van der Waals surface area contributed by atoms with Crippen LogP contribution in [0.5, 0.6) is 5.75 Å². The summed E-state index contributed by atoms with van der Waals surface area (Å²) in [7, 11) is 0. The summed E-state index contributed by atoms with van der Waals surface area (Å²) in [6.45, 7) is 2.71. The SMILES string of the molecule is CCN1CSC(=CNc2ccc(O)cc2)C1=O. The van der Waals surface area contributed by atoms with Gasteiger partial charge in [0, 0.05) is 18.4 Å². The minimum Gasteiger partial charge on any atom is -0.508 e. The molecule has 2 rings (SSSR count). The minimum absolute atomic E-state index is 0.0729. The number of nitrogens with one attached hydrogen (secondary N) is 1. The van der Waals surface area contributed by atoms with Gasteiger partial charge in [0.2, 0.25) is 0 Å². The number of carbonyl (C=O) groups excluding carboxylic acids is 1. The van der Waals surface area contributed by atoms with E-state index in [1.807, 2.05) is 6.92 Å². The number of benzene rings is 1. The summed E-state index contributed by atoms with van der Waals surface area (Å²) in [5.74, 6) is 1.02. The van der Waals surface area contributed by atoms with Crippen molar-refractivity contribution in [1.82, 2.24) is 4.90 Å². The average molecular weight is 250 g/mol. The van der Waals surface area contributed by atoms with Crippen LogP contribution in [0.25, 0.3) is 0 Å². The first-order valence-corrected chi connectivity index (χ1v) is 6.37. The van der Waals surface area contributed by atoms with E-state index >= 15 is 0 Å². The summed E-state index contributed by atoms with van der Waals surface area (Å²) >= 11 is 1.53. The minimum atomic E-state index is 0.0729. The van der Waals surface area contributed by atoms with Crippen LogP contribution in [0, 0.1) is 0 Å². The zero-order chi connectivity index (χ0) is 12.3. The van der Waals surface area contributed by atoms with Crippen LogP contribution in [0.2, 0.25) is 0 Å². The van der Waals surface area contributed by atoms with Crippen molar-refractivity contribution in [3.05, 3.63) is 35.4 Å². The number of aromatic hydroxyl groups is 1. The van der Waals surface area contributed by atoms with E-state index in [0.29, 0.717) is 0 Å². The maximum atomic E-state index is 11.8. The Kier molecular flexibility index (Phi) is 3.58. The standard InChI is InChI=1S/C12H14N2O2S/c1-2-14-8-17-11(12(14)16)7-13-9-3-5-10(15)6-4-9/h3-7,13,15H,2,8H2,1H3. The number of phenols is 1. The Morgan fingerprint density at radius 2 is 2.18 bits per heavy atom. The molecular weight excluding hydrogens is 236 g/mol. The highest BCUT2D eigenvalue weighted by Gasteiger charge is 2.24. The fourth-order valence-corrected chi connectivity index (χ4v) is 2.46. The number of phenolic OH excluding ortho intramolecular Hbond substituents is 1. The van der Waals surface area contributed by atoms with Crippen molar-refractivity contribution < 1.29 is 9.90 Å². The number of nitrogens with zero attached hydrogens (tertiary/aromatic N) is 1. The second kappa shape index (κ2) is 5.14. The lowest BCUT2D eigenvalue weighted by atomic mass is 10.3. The van der Waals surface area contributed by atoms with Crippen molar-refractivity contribution in [1.29, 1.82) is 0 Å². The van der Waals surface area contributed by atoms with Gasteiger partial charge in [-0.1, -0.05) is 11.8 Å².